The first-order valence-electron chi connectivity index (χ1n) is 8.72. The minimum Gasteiger partial charge on any atom is -0.511 e. The Morgan fingerprint density at radius 1 is 1.23 bits per heavy atom. The molecular formula is C19H20F5NO5. The Morgan fingerprint density at radius 2 is 1.83 bits per heavy atom. The number of pyridine rings is 1. The molecule has 0 unspecified atom stereocenters. The number of methoxy groups -OCH3 is 2. The third-order valence-electron chi connectivity index (χ3n) is 4.83. The van der Waals surface area contributed by atoms with Crippen LogP contribution in [0.4, 0.5) is 22.0 Å². The van der Waals surface area contributed by atoms with E-state index in [0.29, 0.717) is 6.07 Å². The monoisotopic (exact) mass is 437 g/mol. The number of hydrogen-bond donors (Lipinski definition) is 1. The van der Waals surface area contributed by atoms with E-state index < -0.39 is 69.7 Å². The highest BCUT2D eigenvalue weighted by molar-refractivity contribution is 6.28. The maximum atomic E-state index is 13.8. The SMILES string of the molecule is COCc1cc(C(F)(F)C(F)(F)F)nc(OC)c1C(=O)C1=C(O)C(C)(C)CCC1=O. The summed E-state index contributed by atoms with van der Waals surface area (Å²) in [7, 11) is 2.06. The summed E-state index contributed by atoms with van der Waals surface area (Å²) in [6.07, 6.45) is -5.73. The molecular weight excluding hydrogens is 417 g/mol. The van der Waals surface area contributed by atoms with Crippen molar-refractivity contribution in [3.8, 4) is 5.88 Å². The van der Waals surface area contributed by atoms with Crippen molar-refractivity contribution in [3.05, 3.63) is 34.2 Å². The predicted molar refractivity (Wildman–Crippen MR) is 93.5 cm³/mol. The number of aromatic nitrogens is 1. The van der Waals surface area contributed by atoms with E-state index in [1.54, 1.807) is 13.8 Å². The second kappa shape index (κ2) is 7.93. The third-order valence-corrected chi connectivity index (χ3v) is 4.83. The van der Waals surface area contributed by atoms with Gasteiger partial charge in [0, 0.05) is 18.9 Å². The Labute approximate surface area is 168 Å². The van der Waals surface area contributed by atoms with Crippen LogP contribution in [0.3, 0.4) is 0 Å². The topological polar surface area (TPSA) is 85.7 Å². The number of carbonyl (C=O) groups is 2. The van der Waals surface area contributed by atoms with Gasteiger partial charge in [-0.3, -0.25) is 9.59 Å². The molecule has 0 radical (unpaired) electrons. The summed E-state index contributed by atoms with van der Waals surface area (Å²) in [5.41, 5.74) is -4.12. The summed E-state index contributed by atoms with van der Waals surface area (Å²) in [6, 6.07) is 0.378. The Morgan fingerprint density at radius 3 is 2.33 bits per heavy atom. The fraction of sp³-hybridized carbons (Fsp3) is 0.526. The lowest BCUT2D eigenvalue weighted by Crippen LogP contribution is -2.35. The number of rotatable bonds is 6. The lowest BCUT2D eigenvalue weighted by atomic mass is 9.75. The summed E-state index contributed by atoms with van der Waals surface area (Å²) < 4.78 is 75.7. The number of nitrogens with zero attached hydrogens (tertiary/aromatic N) is 1. The number of Topliss-reactive ketones (excluding diaryl/α,β-unsaturated/α-hetero) is 2. The van der Waals surface area contributed by atoms with Crippen LogP contribution < -0.4 is 4.74 Å². The van der Waals surface area contributed by atoms with Gasteiger partial charge in [-0.2, -0.15) is 22.0 Å². The molecule has 0 saturated heterocycles. The highest BCUT2D eigenvalue weighted by Crippen LogP contribution is 2.45. The molecule has 1 aliphatic carbocycles. The fourth-order valence-electron chi connectivity index (χ4n) is 3.04. The first-order valence-corrected chi connectivity index (χ1v) is 8.72. The number of ether oxygens (including phenoxy) is 2. The summed E-state index contributed by atoms with van der Waals surface area (Å²) in [5, 5.41) is 10.5. The second-order valence-electron chi connectivity index (χ2n) is 7.42. The maximum absolute atomic E-state index is 13.8. The van der Waals surface area contributed by atoms with Crippen molar-refractivity contribution in [1.82, 2.24) is 4.98 Å². The normalized spacial score (nSPS) is 17.3. The first-order chi connectivity index (χ1) is 13.7. The maximum Gasteiger partial charge on any atom is 0.459 e. The number of alkyl halides is 5. The van der Waals surface area contributed by atoms with Crippen molar-refractivity contribution in [2.24, 2.45) is 5.41 Å². The van der Waals surface area contributed by atoms with Crippen molar-refractivity contribution in [2.45, 2.75) is 45.4 Å². The molecule has 0 aromatic carbocycles. The summed E-state index contributed by atoms with van der Waals surface area (Å²) in [4.78, 5) is 28.6. The quantitative estimate of drug-likeness (QED) is 0.406. The van der Waals surface area contributed by atoms with Gasteiger partial charge in [0.25, 0.3) is 0 Å². The zero-order chi connectivity index (χ0) is 23.1. The molecule has 0 fully saturated rings. The Balaban J connectivity index is 2.77. The lowest BCUT2D eigenvalue weighted by molar-refractivity contribution is -0.291. The zero-order valence-electron chi connectivity index (χ0n) is 16.6. The van der Waals surface area contributed by atoms with Crippen molar-refractivity contribution < 1.29 is 46.1 Å². The van der Waals surface area contributed by atoms with E-state index in [2.05, 4.69) is 4.98 Å². The van der Waals surface area contributed by atoms with E-state index in [0.717, 1.165) is 14.2 Å². The van der Waals surface area contributed by atoms with E-state index in [1.807, 2.05) is 0 Å². The molecule has 1 aliphatic rings. The van der Waals surface area contributed by atoms with Crippen molar-refractivity contribution >= 4 is 11.6 Å². The van der Waals surface area contributed by atoms with Crippen LogP contribution in [-0.4, -0.2) is 42.1 Å². The van der Waals surface area contributed by atoms with Gasteiger partial charge in [-0.05, 0) is 18.1 Å². The van der Waals surface area contributed by atoms with Crippen LogP contribution >= 0.6 is 0 Å². The lowest BCUT2D eigenvalue weighted by Gasteiger charge is -2.30. The molecule has 0 bridgehead atoms. The van der Waals surface area contributed by atoms with E-state index in [-0.39, 0.29) is 12.8 Å². The van der Waals surface area contributed by atoms with Gasteiger partial charge in [0.1, 0.15) is 17.0 Å². The van der Waals surface area contributed by atoms with Crippen LogP contribution in [0, 0.1) is 5.41 Å². The molecule has 1 N–H and O–H groups in total. The molecule has 11 heteroatoms. The van der Waals surface area contributed by atoms with Crippen LogP contribution in [-0.2, 0) is 22.1 Å². The van der Waals surface area contributed by atoms with Crippen molar-refractivity contribution in [3.63, 3.8) is 0 Å². The minimum atomic E-state index is -5.94. The van der Waals surface area contributed by atoms with Gasteiger partial charge in [-0.15, -0.1) is 0 Å². The summed E-state index contributed by atoms with van der Waals surface area (Å²) >= 11 is 0. The number of hydrogen-bond acceptors (Lipinski definition) is 6. The van der Waals surface area contributed by atoms with Gasteiger partial charge in [0.05, 0.1) is 19.3 Å². The number of carbonyl (C=O) groups excluding carboxylic acids is 2. The molecule has 0 spiro atoms. The zero-order valence-corrected chi connectivity index (χ0v) is 16.6. The van der Waals surface area contributed by atoms with Crippen molar-refractivity contribution in [2.75, 3.05) is 14.2 Å². The Hall–Kier alpha value is -2.56. The van der Waals surface area contributed by atoms with Crippen LogP contribution in [0.15, 0.2) is 17.4 Å². The van der Waals surface area contributed by atoms with Gasteiger partial charge < -0.3 is 14.6 Å². The second-order valence-corrected chi connectivity index (χ2v) is 7.42. The minimum absolute atomic E-state index is 0.0578. The van der Waals surface area contributed by atoms with E-state index in [1.165, 1.54) is 0 Å². The Bertz CT molecular complexity index is 905. The predicted octanol–water partition coefficient (Wildman–Crippen LogP) is 4.27. The highest BCUT2D eigenvalue weighted by atomic mass is 19.4. The number of halogens is 5. The number of ketones is 2. The van der Waals surface area contributed by atoms with Gasteiger partial charge in [0.15, 0.2) is 5.78 Å². The summed E-state index contributed by atoms with van der Waals surface area (Å²) in [5.74, 6) is -8.45. The molecule has 0 saturated carbocycles. The van der Waals surface area contributed by atoms with Crippen LogP contribution in [0.1, 0.15) is 48.3 Å². The average molecular weight is 437 g/mol. The van der Waals surface area contributed by atoms with Gasteiger partial charge >= 0.3 is 12.1 Å². The average Bonchev–Trinajstić information content (AvgIpc) is 2.64. The molecule has 30 heavy (non-hydrogen) atoms. The van der Waals surface area contributed by atoms with E-state index in [9.17, 15) is 36.6 Å². The molecule has 1 aromatic heterocycles. The highest BCUT2D eigenvalue weighted by Gasteiger charge is 2.60. The van der Waals surface area contributed by atoms with E-state index >= 15 is 0 Å². The number of aliphatic hydroxyl groups excluding tert-OH is 1. The molecule has 0 amide bonds. The van der Waals surface area contributed by atoms with Crippen molar-refractivity contribution in [1.29, 1.82) is 0 Å². The number of aliphatic hydroxyl groups is 1. The molecule has 1 aromatic rings. The molecule has 2 rings (SSSR count). The standard InChI is InChI=1S/C19H20F5NO5/c1-17(2)6-5-10(26)13(15(17)28)14(27)12-9(8-29-3)7-11(25-16(12)30-4)18(20,21)19(22,23)24/h7,28H,5-6,8H2,1-4H3. The molecule has 166 valence electrons. The molecule has 0 aliphatic heterocycles. The molecule has 6 nitrogen and oxygen atoms in total. The smallest absolute Gasteiger partial charge is 0.459 e. The van der Waals surface area contributed by atoms with Gasteiger partial charge in [0.2, 0.25) is 11.7 Å². The van der Waals surface area contributed by atoms with E-state index in [4.69, 9.17) is 9.47 Å². The molecule has 0 atom stereocenters. The molecule has 1 heterocycles. The largest absolute Gasteiger partial charge is 0.511 e. The number of allylic oxidation sites excluding steroid dienone is 2. The third kappa shape index (κ3) is 4.03. The van der Waals surface area contributed by atoms with Gasteiger partial charge in [-0.1, -0.05) is 13.8 Å². The summed E-state index contributed by atoms with van der Waals surface area (Å²) in [6.45, 7) is 2.65. The van der Waals surface area contributed by atoms with Crippen LogP contribution in [0.5, 0.6) is 5.88 Å². The van der Waals surface area contributed by atoms with Gasteiger partial charge in [-0.25, -0.2) is 4.98 Å². The fourth-order valence-corrected chi connectivity index (χ4v) is 3.04. The first kappa shape index (κ1) is 23.7. The Kier molecular flexibility index (Phi) is 6.27. The van der Waals surface area contributed by atoms with Crippen LogP contribution in [0.2, 0.25) is 0 Å². The van der Waals surface area contributed by atoms with Crippen LogP contribution in [0.25, 0.3) is 0 Å².